The normalized spacial score (nSPS) is 34.7. The van der Waals surface area contributed by atoms with Crippen LogP contribution in [0.2, 0.25) is 0 Å². The van der Waals surface area contributed by atoms with Crippen LogP contribution in [0.3, 0.4) is 0 Å². The zero-order valence-corrected chi connectivity index (χ0v) is 13.0. The summed E-state index contributed by atoms with van der Waals surface area (Å²) in [5, 5.41) is 0. The largest absolute Gasteiger partial charge is 0.372 e. The Labute approximate surface area is 123 Å². The van der Waals surface area contributed by atoms with Crippen LogP contribution < -0.4 is 0 Å². The molecule has 2 saturated heterocycles. The third kappa shape index (κ3) is 2.47. The zero-order valence-electron chi connectivity index (χ0n) is 13.0. The maximum atomic E-state index is 12.4. The van der Waals surface area contributed by atoms with E-state index in [-0.39, 0.29) is 0 Å². The summed E-state index contributed by atoms with van der Waals surface area (Å²) in [4.78, 5) is 17.0. The fourth-order valence-electron chi connectivity index (χ4n) is 3.91. The first-order chi connectivity index (χ1) is 9.56. The minimum absolute atomic E-state index is 0.349. The molecule has 2 unspecified atom stereocenters. The second kappa shape index (κ2) is 5.42. The summed E-state index contributed by atoms with van der Waals surface area (Å²) in [6.45, 7) is 11.8. The maximum absolute atomic E-state index is 12.4. The molecular weight excluding hydrogens is 248 g/mol. The van der Waals surface area contributed by atoms with E-state index in [2.05, 4.69) is 30.2 Å². The molecule has 0 aromatic rings. The molecule has 0 N–H and O–H groups in total. The van der Waals surface area contributed by atoms with E-state index < -0.39 is 0 Å². The van der Waals surface area contributed by atoms with Crippen LogP contribution in [0, 0.1) is 17.8 Å². The van der Waals surface area contributed by atoms with Crippen LogP contribution in [0.4, 0.5) is 0 Å². The molecule has 0 bridgehead atoms. The summed E-state index contributed by atoms with van der Waals surface area (Å²) in [7, 11) is 0. The number of carbonyl (C=O) groups is 1. The van der Waals surface area contributed by atoms with Crippen LogP contribution in [0.25, 0.3) is 0 Å². The fraction of sp³-hybridized carbons (Fsp3) is 0.824. The van der Waals surface area contributed by atoms with Crippen molar-refractivity contribution in [3.05, 3.63) is 12.3 Å². The fourth-order valence-corrected chi connectivity index (χ4v) is 3.91. The van der Waals surface area contributed by atoms with Gasteiger partial charge in [0.05, 0.1) is 0 Å². The molecule has 3 heteroatoms. The first kappa shape index (κ1) is 14.0. The summed E-state index contributed by atoms with van der Waals surface area (Å²) in [5.74, 6) is 2.02. The van der Waals surface area contributed by atoms with Crippen LogP contribution in [0.15, 0.2) is 12.3 Å². The second-order valence-electron chi connectivity index (χ2n) is 7.21. The van der Waals surface area contributed by atoms with Crippen molar-refractivity contribution >= 4 is 5.91 Å². The van der Waals surface area contributed by atoms with Crippen molar-refractivity contribution in [3.63, 3.8) is 0 Å². The van der Waals surface area contributed by atoms with Crippen molar-refractivity contribution in [1.82, 2.24) is 9.80 Å². The van der Waals surface area contributed by atoms with Crippen molar-refractivity contribution in [2.45, 2.75) is 52.0 Å². The van der Waals surface area contributed by atoms with Crippen molar-refractivity contribution < 1.29 is 4.79 Å². The lowest BCUT2D eigenvalue weighted by Crippen LogP contribution is -2.38. The van der Waals surface area contributed by atoms with Crippen LogP contribution in [-0.4, -0.2) is 41.4 Å². The standard InChI is InChI=1S/C17H28N2O/c1-12-9-18(17(20)15-5-4-6-15)10-16(12)11-19-13(2)7-8-14(19)3/h12,14-16H,2,4-11H2,1,3H3/t12?,14?,16-/m1/s1. The highest BCUT2D eigenvalue weighted by Gasteiger charge is 2.38. The third-order valence-corrected chi connectivity index (χ3v) is 5.75. The molecule has 2 aliphatic heterocycles. The van der Waals surface area contributed by atoms with Gasteiger partial charge in [0.1, 0.15) is 0 Å². The van der Waals surface area contributed by atoms with Crippen LogP contribution in [0.5, 0.6) is 0 Å². The number of amides is 1. The molecule has 0 aromatic carbocycles. The zero-order chi connectivity index (χ0) is 14.3. The summed E-state index contributed by atoms with van der Waals surface area (Å²) in [6, 6.07) is 0.631. The Morgan fingerprint density at radius 3 is 2.55 bits per heavy atom. The van der Waals surface area contributed by atoms with Gasteiger partial charge in [0.25, 0.3) is 0 Å². The molecule has 0 radical (unpaired) electrons. The molecule has 3 fully saturated rings. The highest BCUT2D eigenvalue weighted by Crippen LogP contribution is 2.34. The Hall–Kier alpha value is -0.990. The molecule has 3 rings (SSSR count). The van der Waals surface area contributed by atoms with E-state index in [4.69, 9.17) is 0 Å². The van der Waals surface area contributed by atoms with Crippen LogP contribution >= 0.6 is 0 Å². The average molecular weight is 276 g/mol. The molecule has 0 aromatic heterocycles. The predicted molar refractivity (Wildman–Crippen MR) is 81.1 cm³/mol. The lowest BCUT2D eigenvalue weighted by Gasteiger charge is -2.30. The molecule has 3 atom stereocenters. The van der Waals surface area contributed by atoms with Gasteiger partial charge in [-0.05, 0) is 44.4 Å². The maximum Gasteiger partial charge on any atom is 0.225 e. The molecular formula is C17H28N2O. The van der Waals surface area contributed by atoms with E-state index in [1.807, 2.05) is 0 Å². The quantitative estimate of drug-likeness (QED) is 0.791. The van der Waals surface area contributed by atoms with Gasteiger partial charge in [-0.15, -0.1) is 0 Å². The Morgan fingerprint density at radius 2 is 2.00 bits per heavy atom. The summed E-state index contributed by atoms with van der Waals surface area (Å²) in [5.41, 5.74) is 1.30. The van der Waals surface area contributed by atoms with Gasteiger partial charge in [0.2, 0.25) is 5.91 Å². The summed E-state index contributed by atoms with van der Waals surface area (Å²) >= 11 is 0. The van der Waals surface area contributed by atoms with Gasteiger partial charge in [0.15, 0.2) is 0 Å². The molecule has 1 saturated carbocycles. The van der Waals surface area contributed by atoms with E-state index in [1.54, 1.807) is 0 Å². The Bertz CT molecular complexity index is 402. The van der Waals surface area contributed by atoms with Crippen LogP contribution in [-0.2, 0) is 4.79 Å². The van der Waals surface area contributed by atoms with Gasteiger partial charge in [0, 0.05) is 37.3 Å². The molecule has 0 spiro atoms. The van der Waals surface area contributed by atoms with E-state index in [0.29, 0.717) is 29.7 Å². The van der Waals surface area contributed by atoms with Crippen molar-refractivity contribution in [2.24, 2.45) is 17.8 Å². The van der Waals surface area contributed by atoms with Crippen molar-refractivity contribution in [1.29, 1.82) is 0 Å². The Kier molecular flexibility index (Phi) is 3.78. The number of carbonyl (C=O) groups excluding carboxylic acids is 1. The van der Waals surface area contributed by atoms with Gasteiger partial charge in [-0.1, -0.05) is 19.9 Å². The number of allylic oxidation sites excluding steroid dienone is 1. The minimum Gasteiger partial charge on any atom is -0.372 e. The lowest BCUT2D eigenvalue weighted by molar-refractivity contribution is -0.137. The molecule has 3 nitrogen and oxygen atoms in total. The van der Waals surface area contributed by atoms with E-state index >= 15 is 0 Å². The SMILES string of the molecule is C=C1CCC(C)N1C[C@H]1CN(C(=O)C2CCC2)CC1C. The first-order valence-electron chi connectivity index (χ1n) is 8.29. The number of rotatable bonds is 3. The Balaban J connectivity index is 1.58. The summed E-state index contributed by atoms with van der Waals surface area (Å²) in [6.07, 6.45) is 5.87. The van der Waals surface area contributed by atoms with Crippen LogP contribution in [0.1, 0.15) is 46.0 Å². The number of nitrogens with zero attached hydrogens (tertiary/aromatic N) is 2. The van der Waals surface area contributed by atoms with Gasteiger partial charge in [-0.25, -0.2) is 0 Å². The minimum atomic E-state index is 0.349. The molecule has 112 valence electrons. The number of hydrogen-bond donors (Lipinski definition) is 0. The highest BCUT2D eigenvalue weighted by atomic mass is 16.2. The third-order valence-electron chi connectivity index (χ3n) is 5.75. The molecule has 1 amide bonds. The first-order valence-corrected chi connectivity index (χ1v) is 8.29. The van der Waals surface area contributed by atoms with Crippen molar-refractivity contribution in [2.75, 3.05) is 19.6 Å². The van der Waals surface area contributed by atoms with Crippen molar-refractivity contribution in [3.8, 4) is 0 Å². The smallest absolute Gasteiger partial charge is 0.225 e. The van der Waals surface area contributed by atoms with E-state index in [0.717, 1.165) is 38.9 Å². The monoisotopic (exact) mass is 276 g/mol. The topological polar surface area (TPSA) is 23.6 Å². The molecule has 1 aliphatic carbocycles. The Morgan fingerprint density at radius 1 is 1.25 bits per heavy atom. The van der Waals surface area contributed by atoms with Gasteiger partial charge in [-0.2, -0.15) is 0 Å². The molecule has 3 aliphatic rings. The van der Waals surface area contributed by atoms with Gasteiger partial charge in [-0.3, -0.25) is 4.79 Å². The van der Waals surface area contributed by atoms with E-state index in [1.165, 1.54) is 18.5 Å². The van der Waals surface area contributed by atoms with Gasteiger partial charge >= 0.3 is 0 Å². The lowest BCUT2D eigenvalue weighted by atomic mass is 9.84. The number of hydrogen-bond acceptors (Lipinski definition) is 2. The number of likely N-dealkylation sites (tertiary alicyclic amines) is 2. The van der Waals surface area contributed by atoms with Gasteiger partial charge < -0.3 is 9.80 Å². The predicted octanol–water partition coefficient (Wildman–Crippen LogP) is 2.88. The summed E-state index contributed by atoms with van der Waals surface area (Å²) < 4.78 is 0. The van der Waals surface area contributed by atoms with E-state index in [9.17, 15) is 4.79 Å². The molecule has 2 heterocycles. The second-order valence-corrected chi connectivity index (χ2v) is 7.21. The molecule has 20 heavy (non-hydrogen) atoms. The highest BCUT2D eigenvalue weighted by molar-refractivity contribution is 5.79. The average Bonchev–Trinajstić information content (AvgIpc) is 2.85.